The summed E-state index contributed by atoms with van der Waals surface area (Å²) in [5, 5.41) is 1.05. The lowest BCUT2D eigenvalue weighted by Gasteiger charge is -2.05. The van der Waals surface area contributed by atoms with Gasteiger partial charge in [-0.25, -0.2) is 0 Å². The molecule has 0 spiro atoms. The highest BCUT2D eigenvalue weighted by molar-refractivity contribution is 5.83. The van der Waals surface area contributed by atoms with E-state index in [9.17, 15) is 9.59 Å². The average Bonchev–Trinajstić information content (AvgIpc) is 3.47. The van der Waals surface area contributed by atoms with Crippen LogP contribution in [0, 0.1) is 0 Å². The third-order valence-corrected chi connectivity index (χ3v) is 5.81. The van der Waals surface area contributed by atoms with Crippen LogP contribution < -0.4 is 9.47 Å². The summed E-state index contributed by atoms with van der Waals surface area (Å²) in [6.07, 6.45) is 8.60. The van der Waals surface area contributed by atoms with Crippen LogP contribution in [0.4, 0.5) is 0 Å². The number of ether oxygens (including phenoxy) is 3. The molecule has 4 rings (SSSR count). The second kappa shape index (κ2) is 11.5. The Morgan fingerprint density at radius 3 is 2.67 bits per heavy atom. The van der Waals surface area contributed by atoms with Gasteiger partial charge in [-0.05, 0) is 67.6 Å². The first-order valence-corrected chi connectivity index (χ1v) is 11.7. The zero-order valence-electron chi connectivity index (χ0n) is 18.8. The number of aldehydes is 1. The second-order valence-corrected chi connectivity index (χ2v) is 8.35. The van der Waals surface area contributed by atoms with Crippen LogP contribution in [0.2, 0.25) is 0 Å². The van der Waals surface area contributed by atoms with Crippen LogP contribution in [0.3, 0.4) is 0 Å². The Morgan fingerprint density at radius 2 is 1.76 bits per heavy atom. The number of aryl methyl sites for hydroxylation is 1. The number of benzene rings is 2. The topological polar surface area (TPSA) is 75.0 Å². The fourth-order valence-corrected chi connectivity index (χ4v) is 4.00. The van der Waals surface area contributed by atoms with Crippen molar-refractivity contribution in [3.63, 3.8) is 0 Å². The van der Waals surface area contributed by atoms with Crippen molar-refractivity contribution >= 4 is 23.2 Å². The number of fused-ring (bicyclic) bond motifs is 2. The Morgan fingerprint density at radius 1 is 0.909 bits per heavy atom. The van der Waals surface area contributed by atoms with Gasteiger partial charge in [0.1, 0.15) is 17.6 Å². The molecule has 0 N–H and O–H groups in total. The Bertz CT molecular complexity index is 1080. The maximum absolute atomic E-state index is 11.9. The van der Waals surface area contributed by atoms with Gasteiger partial charge in [0.25, 0.3) is 0 Å². The average molecular weight is 451 g/mol. The van der Waals surface area contributed by atoms with Gasteiger partial charge in [0.05, 0.1) is 6.61 Å². The van der Waals surface area contributed by atoms with E-state index in [2.05, 4.69) is 12.1 Å². The zero-order valence-corrected chi connectivity index (χ0v) is 18.8. The molecule has 6 nitrogen and oxygen atoms in total. The molecule has 2 heterocycles. The highest BCUT2D eigenvalue weighted by atomic mass is 16.7. The minimum atomic E-state index is -0.124. The van der Waals surface area contributed by atoms with Gasteiger partial charge in [0.2, 0.25) is 6.79 Å². The van der Waals surface area contributed by atoms with Crippen molar-refractivity contribution < 1.29 is 28.2 Å². The molecule has 6 heteroatoms. The van der Waals surface area contributed by atoms with Crippen LogP contribution in [0.25, 0.3) is 22.3 Å². The molecule has 1 aromatic heterocycles. The van der Waals surface area contributed by atoms with E-state index in [1.807, 2.05) is 30.3 Å². The normalized spacial score (nSPS) is 12.2. The number of esters is 1. The smallest absolute Gasteiger partial charge is 0.305 e. The third-order valence-electron chi connectivity index (χ3n) is 5.81. The van der Waals surface area contributed by atoms with Crippen LogP contribution in [0.1, 0.15) is 56.9 Å². The van der Waals surface area contributed by atoms with Crippen molar-refractivity contribution in [1.82, 2.24) is 0 Å². The van der Waals surface area contributed by atoms with Crippen molar-refractivity contribution in [3.8, 4) is 22.8 Å². The molecule has 0 saturated heterocycles. The first kappa shape index (κ1) is 22.9. The van der Waals surface area contributed by atoms with Crippen molar-refractivity contribution in [1.29, 1.82) is 0 Å². The molecule has 0 radical (unpaired) electrons. The van der Waals surface area contributed by atoms with E-state index in [4.69, 9.17) is 18.6 Å². The maximum atomic E-state index is 11.9. The van der Waals surface area contributed by atoms with Crippen LogP contribution in [0.5, 0.6) is 11.5 Å². The van der Waals surface area contributed by atoms with Crippen molar-refractivity contribution in [2.24, 2.45) is 0 Å². The van der Waals surface area contributed by atoms with Crippen molar-refractivity contribution in [2.75, 3.05) is 13.4 Å². The SMILES string of the molecule is O=CCCCCCCCC(=O)OCCCc1ccc2oc(-c3ccc4c(c3)OCO4)cc2c1. The molecular weight excluding hydrogens is 420 g/mol. The summed E-state index contributed by atoms with van der Waals surface area (Å²) in [5.41, 5.74) is 2.97. The molecule has 0 saturated carbocycles. The van der Waals surface area contributed by atoms with E-state index in [0.717, 1.165) is 85.0 Å². The molecule has 1 aliphatic rings. The summed E-state index contributed by atoms with van der Waals surface area (Å²) in [6.45, 7) is 0.686. The van der Waals surface area contributed by atoms with E-state index in [1.165, 1.54) is 5.56 Å². The lowest BCUT2D eigenvalue weighted by Crippen LogP contribution is -2.06. The number of carbonyl (C=O) groups excluding carboxylic acids is 2. The summed E-state index contributed by atoms with van der Waals surface area (Å²) in [5.74, 6) is 2.15. The van der Waals surface area contributed by atoms with Gasteiger partial charge in [-0.2, -0.15) is 0 Å². The van der Waals surface area contributed by atoms with E-state index >= 15 is 0 Å². The molecular formula is C27H30O6. The standard InChI is InChI=1S/C27H30O6/c28-14-6-4-2-1-3-5-9-27(29)30-15-7-8-20-10-12-23-22(16-20)18-25(33-23)21-11-13-24-26(17-21)32-19-31-24/h10-14,16-18H,1-9,15,19H2. The number of furan rings is 1. The molecule has 2 aromatic carbocycles. The van der Waals surface area contributed by atoms with Crippen LogP contribution >= 0.6 is 0 Å². The van der Waals surface area contributed by atoms with Crippen molar-refractivity contribution in [2.45, 2.75) is 57.8 Å². The number of unbranched alkanes of at least 4 members (excludes halogenated alkanes) is 5. The van der Waals surface area contributed by atoms with E-state index in [1.54, 1.807) is 0 Å². The maximum Gasteiger partial charge on any atom is 0.305 e. The van der Waals surface area contributed by atoms with Gasteiger partial charge in [-0.3, -0.25) is 4.79 Å². The first-order valence-electron chi connectivity index (χ1n) is 11.7. The highest BCUT2D eigenvalue weighted by Gasteiger charge is 2.15. The predicted molar refractivity (Wildman–Crippen MR) is 125 cm³/mol. The summed E-state index contributed by atoms with van der Waals surface area (Å²) in [6, 6.07) is 14.0. The fourth-order valence-electron chi connectivity index (χ4n) is 4.00. The number of hydrogen-bond donors (Lipinski definition) is 0. The third kappa shape index (κ3) is 6.37. The van der Waals surface area contributed by atoms with Gasteiger partial charge < -0.3 is 23.4 Å². The summed E-state index contributed by atoms with van der Waals surface area (Å²) < 4.78 is 22.2. The minimum absolute atomic E-state index is 0.124. The summed E-state index contributed by atoms with van der Waals surface area (Å²) >= 11 is 0. The summed E-state index contributed by atoms with van der Waals surface area (Å²) in [4.78, 5) is 22.1. The van der Waals surface area contributed by atoms with E-state index < -0.39 is 0 Å². The molecule has 3 aromatic rings. The fraction of sp³-hybridized carbons (Fsp3) is 0.407. The lowest BCUT2D eigenvalue weighted by molar-refractivity contribution is -0.143. The lowest BCUT2D eigenvalue weighted by atomic mass is 10.1. The minimum Gasteiger partial charge on any atom is -0.466 e. The molecule has 0 amide bonds. The monoisotopic (exact) mass is 450 g/mol. The van der Waals surface area contributed by atoms with Gasteiger partial charge in [0.15, 0.2) is 11.5 Å². The zero-order chi connectivity index (χ0) is 22.9. The molecule has 0 atom stereocenters. The van der Waals surface area contributed by atoms with Gasteiger partial charge in [-0.15, -0.1) is 0 Å². The Balaban J connectivity index is 1.20. The molecule has 174 valence electrons. The quantitative estimate of drug-likeness (QED) is 0.174. The molecule has 0 fully saturated rings. The van der Waals surface area contributed by atoms with Gasteiger partial charge in [-0.1, -0.05) is 25.3 Å². The van der Waals surface area contributed by atoms with Crippen molar-refractivity contribution in [3.05, 3.63) is 48.0 Å². The predicted octanol–water partition coefficient (Wildman–Crippen LogP) is 6.23. The molecule has 0 unspecified atom stereocenters. The number of carbonyl (C=O) groups is 2. The Hall–Kier alpha value is -3.28. The molecule has 0 bridgehead atoms. The van der Waals surface area contributed by atoms with Crippen LogP contribution in [0.15, 0.2) is 46.9 Å². The Labute approximate surface area is 193 Å². The first-order chi connectivity index (χ1) is 16.2. The van der Waals surface area contributed by atoms with Crippen LogP contribution in [-0.2, 0) is 20.7 Å². The highest BCUT2D eigenvalue weighted by Crippen LogP contribution is 2.37. The second-order valence-electron chi connectivity index (χ2n) is 8.35. The Kier molecular flexibility index (Phi) is 8.01. The summed E-state index contributed by atoms with van der Waals surface area (Å²) in [7, 11) is 0. The van der Waals surface area contributed by atoms with Gasteiger partial charge >= 0.3 is 5.97 Å². The van der Waals surface area contributed by atoms with E-state index in [-0.39, 0.29) is 12.8 Å². The molecule has 33 heavy (non-hydrogen) atoms. The van der Waals surface area contributed by atoms with E-state index in [0.29, 0.717) is 19.4 Å². The number of hydrogen-bond acceptors (Lipinski definition) is 6. The van der Waals surface area contributed by atoms with Crippen LogP contribution in [-0.4, -0.2) is 25.7 Å². The number of rotatable bonds is 13. The molecule has 1 aliphatic heterocycles. The molecule has 0 aliphatic carbocycles. The van der Waals surface area contributed by atoms with Gasteiger partial charge in [0, 0.05) is 23.8 Å². The largest absolute Gasteiger partial charge is 0.466 e.